The summed E-state index contributed by atoms with van der Waals surface area (Å²) in [6.45, 7) is 5.92. The summed E-state index contributed by atoms with van der Waals surface area (Å²) >= 11 is 0. The number of benzene rings is 3. The molecule has 0 unspecified atom stereocenters. The van der Waals surface area contributed by atoms with Crippen molar-refractivity contribution < 1.29 is 35.9 Å². The maximum absolute atomic E-state index is 14.5. The largest absolute Gasteiger partial charge is 0.496 e. The summed E-state index contributed by atoms with van der Waals surface area (Å²) < 4.78 is 80.1. The van der Waals surface area contributed by atoms with Crippen molar-refractivity contribution in [3.8, 4) is 34.1 Å². The summed E-state index contributed by atoms with van der Waals surface area (Å²) in [5.41, 5.74) is 3.90. The molecule has 0 spiro atoms. The molecule has 1 aliphatic rings. The zero-order valence-corrected chi connectivity index (χ0v) is 33.2. The van der Waals surface area contributed by atoms with E-state index in [1.54, 1.807) is 22.7 Å². The summed E-state index contributed by atoms with van der Waals surface area (Å²) in [6, 6.07) is 16.1. The molecular formula is C42H42F3N7O5S. The lowest BCUT2D eigenvalue weighted by Gasteiger charge is -2.35. The van der Waals surface area contributed by atoms with Crippen LogP contribution < -0.4 is 25.0 Å². The van der Waals surface area contributed by atoms with Crippen molar-refractivity contribution in [1.82, 2.24) is 19.4 Å². The fraction of sp³-hybridized carbons (Fsp3) is 0.286. The van der Waals surface area contributed by atoms with Gasteiger partial charge in [-0.25, -0.2) is 36.5 Å². The van der Waals surface area contributed by atoms with E-state index < -0.39 is 38.9 Å². The van der Waals surface area contributed by atoms with Crippen LogP contribution in [0, 0.1) is 30.3 Å². The molecule has 16 heteroatoms. The average Bonchev–Trinajstić information content (AvgIpc) is 3.58. The van der Waals surface area contributed by atoms with E-state index in [2.05, 4.69) is 20.5 Å². The second-order valence-corrected chi connectivity index (χ2v) is 16.4. The average molecular weight is 814 g/mol. The van der Waals surface area contributed by atoms with Crippen molar-refractivity contribution >= 4 is 44.4 Å². The van der Waals surface area contributed by atoms with Gasteiger partial charge in [-0.05, 0) is 93.1 Å². The standard InChI is InChI=1S/C42H42F3N7O5S/c1-5-57-36-24-34(51-17-12-26(13-18-51)15-20-58(4,54)55)25(2)21-33(36)48-42-46-16-11-32(47-42)40-38(49-37-23-28(43)14-19-52(37)40)27-9-10-35(56-3)29(22-27)41(53)50-39-30(44)7-6-8-31(39)45/h6-11,14,16,19,21-24,26H,5,12-13,15,17-18,20H2,1-4H3,(H,50,53)(H,46,47,48). The van der Waals surface area contributed by atoms with E-state index in [-0.39, 0.29) is 28.7 Å². The van der Waals surface area contributed by atoms with Crippen LogP contribution in [-0.2, 0) is 9.84 Å². The number of piperidine rings is 1. The smallest absolute Gasteiger partial charge is 0.259 e. The molecule has 0 aliphatic carbocycles. The zero-order valence-electron chi connectivity index (χ0n) is 32.4. The molecule has 7 rings (SSSR count). The third-order valence-electron chi connectivity index (χ3n) is 10.1. The highest BCUT2D eigenvalue weighted by molar-refractivity contribution is 7.90. The van der Waals surface area contributed by atoms with Crippen LogP contribution in [-0.4, -0.2) is 72.5 Å². The van der Waals surface area contributed by atoms with Gasteiger partial charge in [-0.1, -0.05) is 6.07 Å². The van der Waals surface area contributed by atoms with Crippen LogP contribution in [0.1, 0.15) is 42.1 Å². The van der Waals surface area contributed by atoms with E-state index in [1.165, 1.54) is 49.9 Å². The van der Waals surface area contributed by atoms with Crippen LogP contribution in [0.5, 0.6) is 11.5 Å². The molecule has 58 heavy (non-hydrogen) atoms. The molecule has 12 nitrogen and oxygen atoms in total. The van der Waals surface area contributed by atoms with Gasteiger partial charge in [0.25, 0.3) is 5.91 Å². The van der Waals surface area contributed by atoms with Crippen molar-refractivity contribution in [3.05, 3.63) is 108 Å². The van der Waals surface area contributed by atoms with Crippen LogP contribution in [0.4, 0.5) is 36.2 Å². The van der Waals surface area contributed by atoms with E-state index in [0.29, 0.717) is 53.0 Å². The van der Waals surface area contributed by atoms with Gasteiger partial charge in [0.1, 0.15) is 50.1 Å². The molecule has 1 saturated heterocycles. The first-order valence-corrected chi connectivity index (χ1v) is 20.8. The molecular weight excluding hydrogens is 772 g/mol. The van der Waals surface area contributed by atoms with Gasteiger partial charge in [-0.15, -0.1) is 0 Å². The highest BCUT2D eigenvalue weighted by atomic mass is 32.2. The Labute approximate surface area is 334 Å². The first-order valence-electron chi connectivity index (χ1n) is 18.7. The van der Waals surface area contributed by atoms with Gasteiger partial charge < -0.3 is 25.0 Å². The second-order valence-electron chi connectivity index (χ2n) is 14.2. The molecule has 2 N–H and O–H groups in total. The number of carbonyl (C=O) groups is 1. The fourth-order valence-electron chi connectivity index (χ4n) is 7.20. The Morgan fingerprint density at radius 3 is 2.43 bits per heavy atom. The molecule has 1 fully saturated rings. The molecule has 3 aromatic carbocycles. The number of halogens is 3. The van der Waals surface area contributed by atoms with Crippen molar-refractivity contribution in [2.75, 3.05) is 54.3 Å². The minimum Gasteiger partial charge on any atom is -0.496 e. The number of imidazole rings is 1. The van der Waals surface area contributed by atoms with Crippen molar-refractivity contribution in [2.45, 2.75) is 33.1 Å². The molecule has 0 radical (unpaired) electrons. The molecule has 3 aromatic heterocycles. The fourth-order valence-corrected chi connectivity index (χ4v) is 7.96. The molecule has 0 saturated carbocycles. The van der Waals surface area contributed by atoms with Gasteiger partial charge in [-0.2, -0.15) is 0 Å². The van der Waals surface area contributed by atoms with Crippen molar-refractivity contribution in [3.63, 3.8) is 0 Å². The Hall–Kier alpha value is -6.16. The molecule has 302 valence electrons. The molecule has 0 bridgehead atoms. The highest BCUT2D eigenvalue weighted by Gasteiger charge is 2.25. The lowest BCUT2D eigenvalue weighted by Crippen LogP contribution is -2.34. The Kier molecular flexibility index (Phi) is 11.6. The van der Waals surface area contributed by atoms with Gasteiger partial charge in [-0.3, -0.25) is 9.20 Å². The van der Waals surface area contributed by atoms with Crippen LogP contribution in [0.15, 0.2) is 79.1 Å². The van der Waals surface area contributed by atoms with Gasteiger partial charge in [0, 0.05) is 55.1 Å². The molecule has 6 aromatic rings. The Morgan fingerprint density at radius 2 is 1.72 bits per heavy atom. The number of amides is 1. The number of methoxy groups -OCH3 is 1. The highest BCUT2D eigenvalue weighted by Crippen LogP contribution is 2.39. The predicted molar refractivity (Wildman–Crippen MR) is 217 cm³/mol. The first-order chi connectivity index (χ1) is 27.8. The second kappa shape index (κ2) is 16.7. The van der Waals surface area contributed by atoms with E-state index in [0.717, 1.165) is 49.3 Å². The number of aryl methyl sites for hydroxylation is 1. The van der Waals surface area contributed by atoms with Crippen molar-refractivity contribution in [1.29, 1.82) is 0 Å². The summed E-state index contributed by atoms with van der Waals surface area (Å²) in [5, 5.41) is 5.62. The number of aromatic nitrogens is 4. The van der Waals surface area contributed by atoms with E-state index >= 15 is 0 Å². The van der Waals surface area contributed by atoms with E-state index in [9.17, 15) is 26.4 Å². The number of carbonyl (C=O) groups excluding carboxylic acids is 1. The van der Waals surface area contributed by atoms with Crippen LogP contribution in [0.3, 0.4) is 0 Å². The van der Waals surface area contributed by atoms with Gasteiger partial charge in [0.05, 0.1) is 47.8 Å². The minimum absolute atomic E-state index is 0.0273. The summed E-state index contributed by atoms with van der Waals surface area (Å²) in [6.07, 6.45) is 6.84. The van der Waals surface area contributed by atoms with E-state index in [4.69, 9.17) is 19.4 Å². The number of nitrogens with one attached hydrogen (secondary N) is 2. The van der Waals surface area contributed by atoms with E-state index in [1.807, 2.05) is 26.0 Å². The number of hydrogen-bond donors (Lipinski definition) is 2. The summed E-state index contributed by atoms with van der Waals surface area (Å²) in [5.74, 6) is -1.68. The first kappa shape index (κ1) is 40.1. The Bertz CT molecular complexity index is 2590. The SMILES string of the molecule is CCOc1cc(N2CCC(CCS(C)(=O)=O)CC2)c(C)cc1Nc1nccc(-c2c(-c3ccc(OC)c(C(=O)Nc4c(F)cccc4F)c3)nc3cc(F)ccn23)n1. The number of fused-ring (bicyclic) bond motifs is 1. The lowest BCUT2D eigenvalue weighted by molar-refractivity contribution is 0.102. The Morgan fingerprint density at radius 1 is 0.966 bits per heavy atom. The number of ether oxygens (including phenoxy) is 2. The minimum atomic E-state index is -3.00. The summed E-state index contributed by atoms with van der Waals surface area (Å²) in [4.78, 5) is 29.9. The number of anilines is 4. The third-order valence-corrected chi connectivity index (χ3v) is 11.1. The number of para-hydroxylation sites is 1. The number of pyridine rings is 1. The van der Waals surface area contributed by atoms with Gasteiger partial charge >= 0.3 is 0 Å². The van der Waals surface area contributed by atoms with Crippen LogP contribution in [0.25, 0.3) is 28.3 Å². The maximum Gasteiger partial charge on any atom is 0.259 e. The molecule has 4 heterocycles. The third kappa shape index (κ3) is 8.71. The number of rotatable bonds is 13. The normalized spacial score (nSPS) is 13.5. The topological polar surface area (TPSA) is 140 Å². The maximum atomic E-state index is 14.5. The Balaban J connectivity index is 1.21. The zero-order chi connectivity index (χ0) is 41.1. The molecule has 1 amide bonds. The monoisotopic (exact) mass is 813 g/mol. The van der Waals surface area contributed by atoms with Crippen LogP contribution >= 0.6 is 0 Å². The predicted octanol–water partition coefficient (Wildman–Crippen LogP) is 8.24. The summed E-state index contributed by atoms with van der Waals surface area (Å²) in [7, 11) is -1.63. The lowest BCUT2D eigenvalue weighted by atomic mass is 9.93. The van der Waals surface area contributed by atoms with Crippen LogP contribution in [0.2, 0.25) is 0 Å². The number of sulfone groups is 1. The number of nitrogens with zero attached hydrogens (tertiary/aromatic N) is 5. The number of hydrogen-bond acceptors (Lipinski definition) is 10. The van der Waals surface area contributed by atoms with Crippen molar-refractivity contribution in [2.24, 2.45) is 5.92 Å². The van der Waals surface area contributed by atoms with Gasteiger partial charge in [0.2, 0.25) is 5.95 Å². The molecule has 0 atom stereocenters. The quantitative estimate of drug-likeness (QED) is 0.117. The molecule has 1 aliphatic heterocycles. The van der Waals surface area contributed by atoms with Gasteiger partial charge in [0.15, 0.2) is 0 Å².